The molecule has 2 N–H and O–H groups in total. The number of rotatable bonds is 5. The highest BCUT2D eigenvalue weighted by atomic mass is 19.1. The van der Waals surface area contributed by atoms with Crippen molar-refractivity contribution >= 4 is 5.91 Å². The highest BCUT2D eigenvalue weighted by Crippen LogP contribution is 2.21. The lowest BCUT2D eigenvalue weighted by Gasteiger charge is -2.12. The van der Waals surface area contributed by atoms with Gasteiger partial charge in [0, 0.05) is 23.7 Å². The second kappa shape index (κ2) is 7.23. The minimum atomic E-state index is -1.19. The lowest BCUT2D eigenvalue weighted by molar-refractivity contribution is 0.0905. The van der Waals surface area contributed by atoms with E-state index in [-0.39, 0.29) is 23.6 Å². The first-order chi connectivity index (χ1) is 12.0. The Kier molecular flexibility index (Phi) is 4.85. The van der Waals surface area contributed by atoms with Crippen molar-refractivity contribution < 1.29 is 23.2 Å². The summed E-state index contributed by atoms with van der Waals surface area (Å²) in [6.45, 7) is -0.182. The lowest BCUT2D eigenvalue weighted by atomic mass is 10.1. The number of benzene rings is 2. The predicted octanol–water partition coefficient (Wildman–Crippen LogP) is 3.08. The van der Waals surface area contributed by atoms with E-state index in [1.54, 1.807) is 6.07 Å². The summed E-state index contributed by atoms with van der Waals surface area (Å²) < 4.78 is 31.6. The Morgan fingerprint density at radius 1 is 1.16 bits per heavy atom. The van der Waals surface area contributed by atoms with E-state index in [2.05, 4.69) is 10.5 Å². The molecule has 1 amide bonds. The third-order valence-corrected chi connectivity index (χ3v) is 3.59. The molecule has 0 aliphatic rings. The summed E-state index contributed by atoms with van der Waals surface area (Å²) in [5.41, 5.74) is 0.661. The van der Waals surface area contributed by atoms with Crippen LogP contribution < -0.4 is 5.32 Å². The van der Waals surface area contributed by atoms with Gasteiger partial charge in [-0.3, -0.25) is 4.79 Å². The third-order valence-electron chi connectivity index (χ3n) is 3.59. The van der Waals surface area contributed by atoms with Gasteiger partial charge < -0.3 is 14.9 Å². The topological polar surface area (TPSA) is 75.4 Å². The normalized spacial score (nSPS) is 12.0. The first-order valence-corrected chi connectivity index (χ1v) is 7.48. The molecule has 1 unspecified atom stereocenters. The van der Waals surface area contributed by atoms with Gasteiger partial charge in [-0.1, -0.05) is 23.4 Å². The van der Waals surface area contributed by atoms with Gasteiger partial charge in [0.2, 0.25) is 0 Å². The van der Waals surface area contributed by atoms with Crippen molar-refractivity contribution in [2.75, 3.05) is 6.54 Å². The summed E-state index contributed by atoms with van der Waals surface area (Å²) in [4.78, 5) is 12.1. The molecular formula is C18H14F2N2O3. The molecule has 3 rings (SSSR count). The Bertz CT molecular complexity index is 878. The van der Waals surface area contributed by atoms with E-state index in [4.69, 9.17) is 4.52 Å². The second-order valence-electron chi connectivity index (χ2n) is 5.33. The number of halogens is 2. The molecule has 128 valence electrons. The molecular weight excluding hydrogens is 330 g/mol. The maximum absolute atomic E-state index is 13.6. The Morgan fingerprint density at radius 2 is 1.88 bits per heavy atom. The molecule has 2 aromatic carbocycles. The number of aliphatic hydroxyl groups excluding tert-OH is 1. The average molecular weight is 344 g/mol. The molecule has 0 aliphatic carbocycles. The monoisotopic (exact) mass is 344 g/mol. The minimum absolute atomic E-state index is 0.0000543. The van der Waals surface area contributed by atoms with Gasteiger partial charge in [-0.15, -0.1) is 0 Å². The molecule has 1 atom stereocenters. The van der Waals surface area contributed by atoms with Crippen LogP contribution in [0.3, 0.4) is 0 Å². The molecule has 7 heteroatoms. The largest absolute Gasteiger partial charge is 0.386 e. The number of carbonyl (C=O) groups is 1. The fourth-order valence-corrected chi connectivity index (χ4v) is 2.27. The van der Waals surface area contributed by atoms with Crippen LogP contribution >= 0.6 is 0 Å². The summed E-state index contributed by atoms with van der Waals surface area (Å²) in [7, 11) is 0. The van der Waals surface area contributed by atoms with Gasteiger partial charge in [-0.05, 0) is 30.3 Å². The molecule has 0 radical (unpaired) electrons. The van der Waals surface area contributed by atoms with E-state index < -0.39 is 17.8 Å². The molecule has 0 saturated heterocycles. The lowest BCUT2D eigenvalue weighted by Crippen LogP contribution is -2.28. The SMILES string of the molecule is O=C(NCC(O)c1ccccc1F)c1cc(-c2ccc(F)cc2)on1. The quantitative estimate of drug-likeness (QED) is 0.746. The van der Waals surface area contributed by atoms with Crippen molar-refractivity contribution in [3.63, 3.8) is 0 Å². The van der Waals surface area contributed by atoms with Crippen molar-refractivity contribution in [1.82, 2.24) is 10.5 Å². The van der Waals surface area contributed by atoms with Crippen molar-refractivity contribution in [2.24, 2.45) is 0 Å². The minimum Gasteiger partial charge on any atom is -0.386 e. The van der Waals surface area contributed by atoms with E-state index in [1.165, 1.54) is 48.5 Å². The van der Waals surface area contributed by atoms with Crippen molar-refractivity contribution in [3.05, 3.63) is 77.5 Å². The van der Waals surface area contributed by atoms with E-state index in [0.717, 1.165) is 0 Å². The summed E-state index contributed by atoms with van der Waals surface area (Å²) in [6, 6.07) is 12.7. The summed E-state index contributed by atoms with van der Waals surface area (Å²) in [6.07, 6.45) is -1.19. The van der Waals surface area contributed by atoms with Crippen molar-refractivity contribution in [2.45, 2.75) is 6.10 Å². The van der Waals surface area contributed by atoms with Crippen LogP contribution in [0.25, 0.3) is 11.3 Å². The summed E-state index contributed by atoms with van der Waals surface area (Å²) in [5.74, 6) is -1.21. The summed E-state index contributed by atoms with van der Waals surface area (Å²) in [5, 5.41) is 16.1. The van der Waals surface area contributed by atoms with Crippen molar-refractivity contribution in [3.8, 4) is 11.3 Å². The third kappa shape index (κ3) is 3.89. The van der Waals surface area contributed by atoms with Crippen LogP contribution in [0.2, 0.25) is 0 Å². The van der Waals surface area contributed by atoms with Crippen LogP contribution in [0.5, 0.6) is 0 Å². The predicted molar refractivity (Wildman–Crippen MR) is 85.6 cm³/mol. The molecule has 0 aliphatic heterocycles. The number of aliphatic hydroxyl groups is 1. The molecule has 1 heterocycles. The molecule has 0 fully saturated rings. The fraction of sp³-hybridized carbons (Fsp3) is 0.111. The first kappa shape index (κ1) is 16.8. The van der Waals surface area contributed by atoms with Crippen LogP contribution in [-0.4, -0.2) is 22.7 Å². The molecule has 0 bridgehead atoms. The van der Waals surface area contributed by atoms with E-state index in [1.807, 2.05) is 0 Å². The molecule has 0 spiro atoms. The number of carbonyl (C=O) groups excluding carboxylic acids is 1. The zero-order valence-electron chi connectivity index (χ0n) is 12.9. The zero-order valence-corrected chi connectivity index (χ0v) is 12.9. The average Bonchev–Trinajstić information content (AvgIpc) is 3.10. The van der Waals surface area contributed by atoms with Crippen LogP contribution in [0.15, 0.2) is 59.1 Å². The number of aromatic nitrogens is 1. The highest BCUT2D eigenvalue weighted by molar-refractivity contribution is 5.93. The molecule has 3 aromatic rings. The molecule has 25 heavy (non-hydrogen) atoms. The Balaban J connectivity index is 1.64. The van der Waals surface area contributed by atoms with Gasteiger partial charge in [-0.25, -0.2) is 8.78 Å². The van der Waals surface area contributed by atoms with Gasteiger partial charge in [0.1, 0.15) is 11.6 Å². The number of hydrogen-bond donors (Lipinski definition) is 2. The molecule has 1 aromatic heterocycles. The van der Waals surface area contributed by atoms with Crippen LogP contribution in [-0.2, 0) is 0 Å². The van der Waals surface area contributed by atoms with Crippen LogP contribution in [0.1, 0.15) is 22.2 Å². The van der Waals surface area contributed by atoms with Crippen molar-refractivity contribution in [1.29, 1.82) is 0 Å². The Morgan fingerprint density at radius 3 is 2.60 bits per heavy atom. The van der Waals surface area contributed by atoms with Gasteiger partial charge in [0.15, 0.2) is 11.5 Å². The maximum Gasteiger partial charge on any atom is 0.273 e. The van der Waals surface area contributed by atoms with Gasteiger partial charge in [-0.2, -0.15) is 0 Å². The van der Waals surface area contributed by atoms with E-state index in [0.29, 0.717) is 11.3 Å². The van der Waals surface area contributed by atoms with E-state index in [9.17, 15) is 18.7 Å². The maximum atomic E-state index is 13.6. The smallest absolute Gasteiger partial charge is 0.273 e. The number of nitrogens with one attached hydrogen (secondary N) is 1. The highest BCUT2D eigenvalue weighted by Gasteiger charge is 2.17. The summed E-state index contributed by atoms with van der Waals surface area (Å²) >= 11 is 0. The fourth-order valence-electron chi connectivity index (χ4n) is 2.27. The standard InChI is InChI=1S/C18H14F2N2O3/c19-12-7-5-11(6-8-12)17-9-15(22-25-17)18(24)21-10-16(23)13-3-1-2-4-14(13)20/h1-9,16,23H,10H2,(H,21,24). The number of amides is 1. The number of hydrogen-bond acceptors (Lipinski definition) is 4. The number of nitrogens with zero attached hydrogens (tertiary/aromatic N) is 1. The zero-order chi connectivity index (χ0) is 17.8. The van der Waals surface area contributed by atoms with E-state index >= 15 is 0 Å². The van der Waals surface area contributed by atoms with Crippen LogP contribution in [0.4, 0.5) is 8.78 Å². The Hall–Kier alpha value is -3.06. The first-order valence-electron chi connectivity index (χ1n) is 7.48. The van der Waals surface area contributed by atoms with Crippen LogP contribution in [0, 0.1) is 11.6 Å². The molecule has 0 saturated carbocycles. The second-order valence-corrected chi connectivity index (χ2v) is 5.33. The van der Waals surface area contributed by atoms with Gasteiger partial charge in [0.05, 0.1) is 6.10 Å². The van der Waals surface area contributed by atoms with Gasteiger partial charge >= 0.3 is 0 Å². The molecule has 5 nitrogen and oxygen atoms in total. The van der Waals surface area contributed by atoms with Gasteiger partial charge in [0.25, 0.3) is 5.91 Å². The Labute approximate surface area is 141 Å².